The van der Waals surface area contributed by atoms with Gasteiger partial charge < -0.3 is 48.5 Å². The molecule has 4 fully saturated rings. The lowest BCUT2D eigenvalue weighted by atomic mass is 9.73. The fraction of sp³-hybridized carbons (Fsp3) is 0.540. The molecule has 0 unspecified atom stereocenters. The van der Waals surface area contributed by atoms with Crippen molar-refractivity contribution < 1.29 is 47.6 Å². The predicted molar refractivity (Wildman–Crippen MR) is 249 cm³/mol. The number of carbonyl (C=O) groups is 4. The Bertz CT molecular complexity index is 2600. The van der Waals surface area contributed by atoms with Crippen molar-refractivity contribution in [1.29, 1.82) is 0 Å². The van der Waals surface area contributed by atoms with Crippen molar-refractivity contribution in [3.8, 4) is 45.8 Å². The van der Waals surface area contributed by atoms with Gasteiger partial charge in [0.1, 0.15) is 29.3 Å². The topological polar surface area (TPSA) is 199 Å². The Hall–Kier alpha value is -6.59. The van der Waals surface area contributed by atoms with Gasteiger partial charge in [0.25, 0.3) is 0 Å². The molecule has 0 bridgehead atoms. The summed E-state index contributed by atoms with van der Waals surface area (Å²) in [6.07, 6.45) is 10.6. The monoisotopic (exact) mass is 932 g/mol. The maximum absolute atomic E-state index is 14.6. The minimum atomic E-state index is -1.06. The van der Waals surface area contributed by atoms with Gasteiger partial charge in [-0.25, -0.2) is 19.8 Å². The van der Waals surface area contributed by atoms with Gasteiger partial charge >= 0.3 is 6.09 Å². The van der Waals surface area contributed by atoms with Crippen molar-refractivity contribution in [2.45, 2.75) is 102 Å². The molecule has 4 aliphatic heterocycles. The zero-order valence-corrected chi connectivity index (χ0v) is 39.1. The fourth-order valence-corrected chi connectivity index (χ4v) is 10.5. The standard InChI is InChI=1S/C50H60N8O10/c1-29-46(45-44(53-29)43(51-27-52-45)41-37(65-26-30-11-12-30)16-17-38-47(41)67-28-66-38)68-50(62)54-35(14-18-40(59)56-21-7-4-8-22-56)49(61)57-23-19-32(20-24-57)58-48(60)34-10-6-5-9-33(34)42(55-58)31-13-15-36(63-2)39(25-31)64-3/h13,15-17,25,27,30,32-35,53H,4-12,14,18-24,26,28H2,1-3H3,(H,54,62)/t33-,34+,35-/m0/s1. The molecule has 18 nitrogen and oxygen atoms in total. The van der Waals surface area contributed by atoms with Gasteiger partial charge in [0, 0.05) is 50.0 Å². The number of fused-ring (bicyclic) bond motifs is 3. The molecule has 4 aromatic rings. The van der Waals surface area contributed by atoms with Crippen molar-refractivity contribution in [3.63, 3.8) is 0 Å². The van der Waals surface area contributed by atoms with Crippen molar-refractivity contribution in [2.75, 3.05) is 53.8 Å². The van der Waals surface area contributed by atoms with E-state index in [-0.39, 0.29) is 61.0 Å². The summed E-state index contributed by atoms with van der Waals surface area (Å²) in [5.74, 6) is 3.03. The largest absolute Gasteiger partial charge is 0.493 e. The summed E-state index contributed by atoms with van der Waals surface area (Å²) in [5, 5.41) is 9.60. The summed E-state index contributed by atoms with van der Waals surface area (Å²) in [5.41, 5.74) is 4.22. The van der Waals surface area contributed by atoms with E-state index in [9.17, 15) is 19.2 Å². The van der Waals surface area contributed by atoms with Crippen molar-refractivity contribution in [3.05, 3.63) is 47.9 Å². The summed E-state index contributed by atoms with van der Waals surface area (Å²) in [4.78, 5) is 72.2. The molecule has 0 spiro atoms. The van der Waals surface area contributed by atoms with E-state index in [1.165, 1.54) is 6.33 Å². The fourth-order valence-electron chi connectivity index (χ4n) is 10.5. The Morgan fingerprint density at radius 2 is 1.62 bits per heavy atom. The summed E-state index contributed by atoms with van der Waals surface area (Å²) >= 11 is 0. The number of piperidine rings is 2. The van der Waals surface area contributed by atoms with E-state index in [2.05, 4.69) is 20.3 Å². The van der Waals surface area contributed by atoms with Crippen LogP contribution in [0.4, 0.5) is 4.79 Å². The number of aryl methyl sites for hydroxylation is 1. The maximum atomic E-state index is 14.6. The number of rotatable bonds is 14. The van der Waals surface area contributed by atoms with Crippen LogP contribution in [0.1, 0.15) is 94.7 Å². The maximum Gasteiger partial charge on any atom is 0.413 e. The number of aromatic nitrogens is 3. The lowest BCUT2D eigenvalue weighted by molar-refractivity contribution is -0.143. The smallest absolute Gasteiger partial charge is 0.413 e. The number of hydrogen-bond acceptors (Lipinski definition) is 13. The van der Waals surface area contributed by atoms with E-state index in [1.807, 2.05) is 35.2 Å². The normalized spacial score (nSPS) is 21.0. The van der Waals surface area contributed by atoms with Gasteiger partial charge in [0.05, 0.1) is 49.4 Å². The third-order valence-corrected chi connectivity index (χ3v) is 14.4. The number of carbonyl (C=O) groups excluding carboxylic acids is 4. The number of nitrogens with zero attached hydrogens (tertiary/aromatic N) is 6. The van der Waals surface area contributed by atoms with Crippen LogP contribution in [-0.4, -0.2) is 125 Å². The highest BCUT2D eigenvalue weighted by molar-refractivity contribution is 6.07. The first-order chi connectivity index (χ1) is 33.2. The molecular formula is C50H60N8O10. The van der Waals surface area contributed by atoms with E-state index in [4.69, 9.17) is 33.5 Å². The van der Waals surface area contributed by atoms with Crippen LogP contribution in [0.25, 0.3) is 22.3 Å². The molecule has 18 heteroatoms. The molecule has 2 N–H and O–H groups in total. The van der Waals surface area contributed by atoms with Crippen LogP contribution in [0, 0.1) is 24.7 Å². The molecule has 360 valence electrons. The van der Waals surface area contributed by atoms with Gasteiger partial charge in [-0.3, -0.25) is 14.4 Å². The Morgan fingerprint density at radius 1 is 0.853 bits per heavy atom. The number of benzene rings is 2. The van der Waals surface area contributed by atoms with Gasteiger partial charge in [-0.1, -0.05) is 12.8 Å². The van der Waals surface area contributed by atoms with Crippen LogP contribution in [0.3, 0.4) is 0 Å². The average molecular weight is 933 g/mol. The van der Waals surface area contributed by atoms with Crippen LogP contribution < -0.4 is 33.7 Å². The van der Waals surface area contributed by atoms with Gasteiger partial charge in [0.2, 0.25) is 24.5 Å². The zero-order chi connectivity index (χ0) is 46.9. The van der Waals surface area contributed by atoms with Gasteiger partial charge in [-0.05, 0) is 107 Å². The SMILES string of the molecule is COc1ccc(C2=NN(C3CCN(C(=O)[C@H](CCC(=O)N4CCCCC4)NC(=O)Oc4c(C)[nH]c5c(-c6c(OCC7CC7)ccc7c6OCO7)ncnc45)CC3)C(=O)[C@@H]3CCCC[C@H]23)cc1OC. The molecule has 68 heavy (non-hydrogen) atoms. The second-order valence-corrected chi connectivity index (χ2v) is 18.8. The highest BCUT2D eigenvalue weighted by Crippen LogP contribution is 2.49. The molecule has 2 saturated heterocycles. The molecule has 2 aromatic heterocycles. The van der Waals surface area contributed by atoms with Crippen molar-refractivity contribution in [2.24, 2.45) is 22.9 Å². The molecule has 2 saturated carbocycles. The number of hydrogen-bond donors (Lipinski definition) is 2. The number of nitrogens with one attached hydrogen (secondary N) is 2. The first kappa shape index (κ1) is 45.2. The summed E-state index contributed by atoms with van der Waals surface area (Å²) in [6.45, 7) is 4.41. The molecule has 6 heterocycles. The first-order valence-corrected chi connectivity index (χ1v) is 24.3. The summed E-state index contributed by atoms with van der Waals surface area (Å²) in [7, 11) is 3.21. The third kappa shape index (κ3) is 9.08. The van der Waals surface area contributed by atoms with E-state index in [1.54, 1.807) is 31.1 Å². The highest BCUT2D eigenvalue weighted by atomic mass is 16.7. The molecule has 4 amide bonds. The number of likely N-dealkylation sites (tertiary alicyclic amines) is 2. The molecule has 10 rings (SSSR count). The second-order valence-electron chi connectivity index (χ2n) is 18.8. The quantitative estimate of drug-likeness (QED) is 0.135. The summed E-state index contributed by atoms with van der Waals surface area (Å²) < 4.78 is 35.1. The van der Waals surface area contributed by atoms with Crippen molar-refractivity contribution >= 4 is 40.6 Å². The molecule has 2 aromatic carbocycles. The molecular weight excluding hydrogens is 873 g/mol. The predicted octanol–water partition coefficient (Wildman–Crippen LogP) is 6.76. The van der Waals surface area contributed by atoms with E-state index in [0.29, 0.717) is 108 Å². The van der Waals surface area contributed by atoms with Crippen LogP contribution in [0.15, 0.2) is 41.8 Å². The Labute approximate surface area is 395 Å². The van der Waals surface area contributed by atoms with Gasteiger partial charge in [-0.2, -0.15) is 5.10 Å². The minimum Gasteiger partial charge on any atom is -0.493 e. The van der Waals surface area contributed by atoms with Gasteiger partial charge in [-0.15, -0.1) is 0 Å². The minimum absolute atomic E-state index is 0.00676. The number of aromatic amines is 1. The van der Waals surface area contributed by atoms with Gasteiger partial charge in [0.15, 0.2) is 28.7 Å². The Kier molecular flexibility index (Phi) is 13.0. The number of amides is 4. The third-order valence-electron chi connectivity index (χ3n) is 14.4. The lowest BCUT2D eigenvalue weighted by Crippen LogP contribution is -2.55. The van der Waals surface area contributed by atoms with Crippen LogP contribution in [-0.2, 0) is 14.4 Å². The second kappa shape index (κ2) is 19.6. The van der Waals surface area contributed by atoms with E-state index >= 15 is 0 Å². The Balaban J connectivity index is 0.867. The number of hydrazone groups is 1. The molecule has 0 radical (unpaired) electrons. The highest BCUT2D eigenvalue weighted by Gasteiger charge is 2.44. The number of methoxy groups -OCH3 is 2. The zero-order valence-electron chi connectivity index (χ0n) is 39.1. The summed E-state index contributed by atoms with van der Waals surface area (Å²) in [6, 6.07) is 8.15. The molecule has 2 aliphatic carbocycles. The Morgan fingerprint density at radius 3 is 2.38 bits per heavy atom. The van der Waals surface area contributed by atoms with Crippen LogP contribution >= 0.6 is 0 Å². The number of H-pyrrole nitrogens is 1. The van der Waals surface area contributed by atoms with E-state index in [0.717, 1.165) is 69.1 Å². The molecule has 3 atom stereocenters. The molecule has 6 aliphatic rings. The number of ether oxygens (including phenoxy) is 6. The average Bonchev–Trinajstić information content (AvgIpc) is 3.99. The lowest BCUT2D eigenvalue weighted by Gasteiger charge is -2.43. The van der Waals surface area contributed by atoms with Crippen molar-refractivity contribution in [1.82, 2.24) is 35.1 Å². The van der Waals surface area contributed by atoms with Crippen LogP contribution in [0.5, 0.6) is 34.5 Å². The van der Waals surface area contributed by atoms with Crippen LogP contribution in [0.2, 0.25) is 0 Å². The van der Waals surface area contributed by atoms with E-state index < -0.39 is 12.1 Å². The first-order valence-electron chi connectivity index (χ1n) is 24.3.